The summed E-state index contributed by atoms with van der Waals surface area (Å²) in [4.78, 5) is 26.9. The zero-order valence-electron chi connectivity index (χ0n) is 15.2. The van der Waals surface area contributed by atoms with Crippen molar-refractivity contribution < 1.29 is 14.1 Å². The molecule has 0 aromatic heterocycles. The third-order valence-corrected chi connectivity index (χ3v) is 4.83. The predicted molar refractivity (Wildman–Crippen MR) is 102 cm³/mol. The molecule has 2 aromatic carbocycles. The molecular weight excluding hydrogens is 349 g/mol. The third kappa shape index (κ3) is 4.68. The monoisotopic (exact) mass is 371 g/mol. The van der Waals surface area contributed by atoms with Gasteiger partial charge in [0.15, 0.2) is 5.78 Å². The first-order valence-corrected chi connectivity index (χ1v) is 8.95. The second kappa shape index (κ2) is 8.26. The lowest BCUT2D eigenvalue weighted by atomic mass is 10.1. The van der Waals surface area contributed by atoms with Gasteiger partial charge in [-0.25, -0.2) is 4.39 Å². The number of rotatable bonds is 5. The second-order valence-corrected chi connectivity index (χ2v) is 6.76. The summed E-state index contributed by atoms with van der Waals surface area (Å²) in [5, 5.41) is 11.5. The van der Waals surface area contributed by atoms with E-state index in [1.54, 1.807) is 24.3 Å². The first kappa shape index (κ1) is 19.0. The van der Waals surface area contributed by atoms with Crippen LogP contribution in [0.1, 0.15) is 29.3 Å². The van der Waals surface area contributed by atoms with Crippen LogP contribution in [0.3, 0.4) is 0 Å². The number of nitrogens with zero attached hydrogens (tertiary/aromatic N) is 3. The van der Waals surface area contributed by atoms with Crippen LogP contribution in [0.4, 0.5) is 15.8 Å². The molecule has 0 amide bonds. The van der Waals surface area contributed by atoms with Gasteiger partial charge in [0.1, 0.15) is 11.5 Å². The molecule has 0 radical (unpaired) electrons. The first-order valence-electron chi connectivity index (χ1n) is 8.95. The molecule has 0 unspecified atom stereocenters. The van der Waals surface area contributed by atoms with Crippen LogP contribution in [0.15, 0.2) is 42.5 Å². The van der Waals surface area contributed by atoms with Gasteiger partial charge in [0.05, 0.1) is 4.92 Å². The highest BCUT2D eigenvalue weighted by atomic mass is 19.1. The van der Waals surface area contributed by atoms with Gasteiger partial charge in [-0.3, -0.25) is 19.8 Å². The number of Topliss-reactive ketones (excluding diaryl/α,β-unsaturated/α-hetero) is 1. The Balaban J connectivity index is 1.73. The maximum Gasteiger partial charge on any atom is 0.293 e. The molecule has 2 aromatic rings. The van der Waals surface area contributed by atoms with Crippen molar-refractivity contribution in [1.82, 2.24) is 4.90 Å². The van der Waals surface area contributed by atoms with Crippen LogP contribution in [0.5, 0.6) is 0 Å². The van der Waals surface area contributed by atoms with Gasteiger partial charge in [-0.05, 0) is 43.2 Å². The van der Waals surface area contributed by atoms with E-state index in [9.17, 15) is 19.3 Å². The summed E-state index contributed by atoms with van der Waals surface area (Å²) in [7, 11) is 0. The molecule has 27 heavy (non-hydrogen) atoms. The van der Waals surface area contributed by atoms with E-state index in [1.165, 1.54) is 25.1 Å². The normalized spacial score (nSPS) is 15.4. The molecule has 3 rings (SSSR count). The number of carbonyl (C=O) groups is 1. The molecule has 1 fully saturated rings. The number of carbonyl (C=O) groups excluding carboxylic acids is 1. The lowest BCUT2D eigenvalue weighted by Crippen LogP contribution is -2.30. The molecule has 1 aliphatic heterocycles. The van der Waals surface area contributed by atoms with E-state index in [-0.39, 0.29) is 17.3 Å². The Labute approximate surface area is 157 Å². The fourth-order valence-corrected chi connectivity index (χ4v) is 3.37. The molecule has 0 atom stereocenters. The minimum atomic E-state index is -0.428. The van der Waals surface area contributed by atoms with Crippen LogP contribution in [0.25, 0.3) is 0 Å². The van der Waals surface area contributed by atoms with E-state index < -0.39 is 4.92 Å². The summed E-state index contributed by atoms with van der Waals surface area (Å²) in [5.74, 6) is -0.437. The van der Waals surface area contributed by atoms with Crippen molar-refractivity contribution in [2.45, 2.75) is 19.9 Å². The SMILES string of the molecule is CC(=O)c1ccc(N2CCCN(Cc3ccc(F)cc3)CC2)c([N+](=O)[O-])c1. The molecule has 0 bridgehead atoms. The van der Waals surface area contributed by atoms with E-state index in [0.717, 1.165) is 31.6 Å². The largest absolute Gasteiger partial charge is 0.365 e. The summed E-state index contributed by atoms with van der Waals surface area (Å²) in [6, 6.07) is 11.2. The highest BCUT2D eigenvalue weighted by Gasteiger charge is 2.23. The number of ketones is 1. The van der Waals surface area contributed by atoms with Gasteiger partial charge in [0, 0.05) is 44.4 Å². The summed E-state index contributed by atoms with van der Waals surface area (Å²) >= 11 is 0. The van der Waals surface area contributed by atoms with E-state index in [2.05, 4.69) is 4.90 Å². The van der Waals surface area contributed by atoms with Crippen molar-refractivity contribution in [3.8, 4) is 0 Å². The maximum atomic E-state index is 13.1. The average molecular weight is 371 g/mol. The zero-order valence-corrected chi connectivity index (χ0v) is 15.2. The smallest absolute Gasteiger partial charge is 0.293 e. The van der Waals surface area contributed by atoms with Crippen LogP contribution in [0.2, 0.25) is 0 Å². The average Bonchev–Trinajstić information content (AvgIpc) is 2.88. The number of nitro benzene ring substituents is 1. The molecule has 7 heteroatoms. The summed E-state index contributed by atoms with van der Waals surface area (Å²) in [6.07, 6.45) is 0.868. The molecule has 142 valence electrons. The topological polar surface area (TPSA) is 66.7 Å². The van der Waals surface area contributed by atoms with Crippen LogP contribution in [0, 0.1) is 15.9 Å². The number of benzene rings is 2. The van der Waals surface area contributed by atoms with Gasteiger partial charge in [-0.1, -0.05) is 12.1 Å². The van der Waals surface area contributed by atoms with E-state index in [1.807, 2.05) is 4.90 Å². The summed E-state index contributed by atoms with van der Waals surface area (Å²) < 4.78 is 13.1. The van der Waals surface area contributed by atoms with Crippen LogP contribution >= 0.6 is 0 Å². The lowest BCUT2D eigenvalue weighted by Gasteiger charge is -2.23. The highest BCUT2D eigenvalue weighted by molar-refractivity contribution is 5.95. The van der Waals surface area contributed by atoms with Crippen molar-refractivity contribution in [2.24, 2.45) is 0 Å². The van der Waals surface area contributed by atoms with E-state index in [0.29, 0.717) is 24.3 Å². The molecule has 6 nitrogen and oxygen atoms in total. The third-order valence-electron chi connectivity index (χ3n) is 4.83. The Morgan fingerprint density at radius 2 is 1.85 bits per heavy atom. The number of anilines is 1. The van der Waals surface area contributed by atoms with Gasteiger partial charge in [0.25, 0.3) is 5.69 Å². The first-order chi connectivity index (χ1) is 12.9. The zero-order chi connectivity index (χ0) is 19.4. The van der Waals surface area contributed by atoms with Gasteiger partial charge >= 0.3 is 0 Å². The van der Waals surface area contributed by atoms with Crippen molar-refractivity contribution in [3.63, 3.8) is 0 Å². The van der Waals surface area contributed by atoms with Gasteiger partial charge in [0.2, 0.25) is 0 Å². The molecule has 0 saturated carbocycles. The van der Waals surface area contributed by atoms with Gasteiger partial charge in [-0.2, -0.15) is 0 Å². The Bertz CT molecular complexity index is 839. The van der Waals surface area contributed by atoms with E-state index in [4.69, 9.17) is 0 Å². The number of halogens is 1. The Kier molecular flexibility index (Phi) is 5.81. The molecular formula is C20H22FN3O3. The number of hydrogen-bond acceptors (Lipinski definition) is 5. The summed E-state index contributed by atoms with van der Waals surface area (Å²) in [5.41, 5.74) is 1.91. The predicted octanol–water partition coefficient (Wildman–Crippen LogP) is 3.65. The van der Waals surface area contributed by atoms with Crippen LogP contribution < -0.4 is 4.90 Å². The fourth-order valence-electron chi connectivity index (χ4n) is 3.37. The standard InChI is InChI=1S/C20H22FN3O3/c1-15(25)17-5-8-19(20(13-17)24(26)27)23-10-2-9-22(11-12-23)14-16-3-6-18(21)7-4-16/h3-8,13H,2,9-12,14H2,1H3. The van der Waals surface area contributed by atoms with Crippen LogP contribution in [-0.4, -0.2) is 41.8 Å². The van der Waals surface area contributed by atoms with Crippen molar-refractivity contribution >= 4 is 17.2 Å². The van der Waals surface area contributed by atoms with Crippen LogP contribution in [-0.2, 0) is 6.54 Å². The molecule has 1 heterocycles. The molecule has 0 aliphatic carbocycles. The molecule has 1 aliphatic rings. The lowest BCUT2D eigenvalue weighted by molar-refractivity contribution is -0.384. The molecule has 0 spiro atoms. The molecule has 0 N–H and O–H groups in total. The second-order valence-electron chi connectivity index (χ2n) is 6.76. The number of hydrogen-bond donors (Lipinski definition) is 0. The van der Waals surface area contributed by atoms with Gasteiger partial charge < -0.3 is 4.90 Å². The van der Waals surface area contributed by atoms with Crippen molar-refractivity contribution in [1.29, 1.82) is 0 Å². The summed E-state index contributed by atoms with van der Waals surface area (Å²) in [6.45, 7) is 5.11. The van der Waals surface area contributed by atoms with Crippen molar-refractivity contribution in [3.05, 3.63) is 69.5 Å². The minimum Gasteiger partial charge on any atom is -0.365 e. The quantitative estimate of drug-likeness (QED) is 0.456. The number of nitro groups is 1. The van der Waals surface area contributed by atoms with E-state index >= 15 is 0 Å². The Hall–Kier alpha value is -2.80. The van der Waals surface area contributed by atoms with Gasteiger partial charge in [-0.15, -0.1) is 0 Å². The Morgan fingerprint density at radius 3 is 2.52 bits per heavy atom. The highest BCUT2D eigenvalue weighted by Crippen LogP contribution is 2.30. The maximum absolute atomic E-state index is 13.1. The Morgan fingerprint density at radius 1 is 1.11 bits per heavy atom. The fraction of sp³-hybridized carbons (Fsp3) is 0.350. The minimum absolute atomic E-state index is 0.0327. The molecule has 1 saturated heterocycles. The van der Waals surface area contributed by atoms with Crippen molar-refractivity contribution in [2.75, 3.05) is 31.1 Å².